The van der Waals surface area contributed by atoms with Crippen molar-refractivity contribution < 1.29 is 35.1 Å². The summed E-state index contributed by atoms with van der Waals surface area (Å²) in [6, 6.07) is 0. The summed E-state index contributed by atoms with van der Waals surface area (Å²) >= 11 is 0. The molecule has 0 spiro atoms. The summed E-state index contributed by atoms with van der Waals surface area (Å²) < 4.78 is 11.5. The van der Waals surface area contributed by atoms with E-state index in [0.29, 0.717) is 0 Å². The molecule has 29 heavy (non-hydrogen) atoms. The van der Waals surface area contributed by atoms with Crippen molar-refractivity contribution in [3.63, 3.8) is 0 Å². The molecular formula is C22H40Cl2O2Si2Zr. The van der Waals surface area contributed by atoms with Gasteiger partial charge in [-0.15, -0.1) is 37.7 Å². The molecule has 0 N–H and O–H groups in total. The van der Waals surface area contributed by atoms with Gasteiger partial charge in [-0.3, -0.25) is 12.2 Å². The van der Waals surface area contributed by atoms with Crippen LogP contribution in [0.1, 0.15) is 38.5 Å². The molecule has 0 aromatic heterocycles. The van der Waals surface area contributed by atoms with Crippen LogP contribution in [0.2, 0.25) is 39.3 Å². The Labute approximate surface area is 213 Å². The third-order valence-corrected chi connectivity index (χ3v) is 5.92. The first-order valence-electron chi connectivity index (χ1n) is 9.96. The van der Waals surface area contributed by atoms with E-state index in [4.69, 9.17) is 8.85 Å². The second-order valence-corrected chi connectivity index (χ2v) is 17.8. The molecule has 0 heterocycles. The Kier molecular flexibility index (Phi) is 21.8. The molecular weight excluding hydrogens is 515 g/mol. The maximum absolute atomic E-state index is 5.76. The summed E-state index contributed by atoms with van der Waals surface area (Å²) in [5, 5.41) is 0. The Balaban J connectivity index is -0.000000422. The second kappa shape index (κ2) is 18.4. The zero-order valence-electron chi connectivity index (χ0n) is 19.1. The Bertz CT molecular complexity index is 486. The van der Waals surface area contributed by atoms with Crippen LogP contribution in [-0.4, -0.2) is 29.8 Å². The van der Waals surface area contributed by atoms with Gasteiger partial charge in [0.2, 0.25) is 0 Å². The van der Waals surface area contributed by atoms with Gasteiger partial charge in [0.25, 0.3) is 0 Å². The summed E-state index contributed by atoms with van der Waals surface area (Å²) in [7, 11) is -2.56. The molecule has 0 atom stereocenters. The zero-order valence-corrected chi connectivity index (χ0v) is 25.2. The van der Waals surface area contributed by atoms with E-state index in [1.807, 2.05) is 0 Å². The fourth-order valence-corrected chi connectivity index (χ4v) is 4.04. The minimum absolute atomic E-state index is 0. The first kappa shape index (κ1) is 34.4. The average molecular weight is 555 g/mol. The van der Waals surface area contributed by atoms with E-state index >= 15 is 0 Å². The Morgan fingerprint density at radius 2 is 1.07 bits per heavy atom. The van der Waals surface area contributed by atoms with Crippen molar-refractivity contribution in [2.24, 2.45) is 0 Å². The van der Waals surface area contributed by atoms with Crippen LogP contribution < -0.4 is 0 Å². The van der Waals surface area contributed by atoms with Crippen LogP contribution in [0, 0.1) is 12.2 Å². The van der Waals surface area contributed by atoms with Crippen molar-refractivity contribution in [3.8, 4) is 0 Å². The third-order valence-electron chi connectivity index (χ3n) is 3.78. The van der Waals surface area contributed by atoms with Crippen molar-refractivity contribution in [1.82, 2.24) is 0 Å². The molecule has 0 fully saturated rings. The van der Waals surface area contributed by atoms with Crippen LogP contribution in [0.4, 0.5) is 0 Å². The maximum atomic E-state index is 5.76. The first-order chi connectivity index (χ1) is 12.2. The molecule has 0 saturated heterocycles. The average Bonchev–Trinajstić information content (AvgIpc) is 3.20. The van der Waals surface area contributed by atoms with Gasteiger partial charge in [0.1, 0.15) is 0 Å². The quantitative estimate of drug-likeness (QED) is 0.159. The maximum Gasteiger partial charge on any atom is 2.00 e. The van der Waals surface area contributed by atoms with Gasteiger partial charge >= 0.3 is 26.2 Å². The van der Waals surface area contributed by atoms with Crippen molar-refractivity contribution in [1.29, 1.82) is 0 Å². The third kappa shape index (κ3) is 21.8. The number of rotatable bonds is 10. The molecule has 2 aliphatic rings. The Hall–Kier alpha value is 0.777. The van der Waals surface area contributed by atoms with Crippen LogP contribution in [0.25, 0.3) is 0 Å². The van der Waals surface area contributed by atoms with Gasteiger partial charge < -0.3 is 8.85 Å². The van der Waals surface area contributed by atoms with E-state index in [2.05, 4.69) is 75.7 Å². The Morgan fingerprint density at radius 3 is 1.31 bits per heavy atom. The SMILES string of the molecule is C[Si](C)(C)OCCCC1=[C-]CC=C1.C[Si](C)(C)OCCCC1=[C-]CC=C1.Cl.Cl.[Zr+2]. The second-order valence-electron chi connectivity index (χ2n) is 8.75. The van der Waals surface area contributed by atoms with E-state index < -0.39 is 16.6 Å². The van der Waals surface area contributed by atoms with E-state index in [1.54, 1.807) is 0 Å². The Morgan fingerprint density at radius 1 is 0.724 bits per heavy atom. The van der Waals surface area contributed by atoms with Crippen LogP contribution in [0.3, 0.4) is 0 Å². The van der Waals surface area contributed by atoms with Crippen LogP contribution >= 0.6 is 24.8 Å². The molecule has 0 amide bonds. The predicted octanol–water partition coefficient (Wildman–Crippen LogP) is 7.46. The van der Waals surface area contributed by atoms with Gasteiger partial charge in [0.15, 0.2) is 16.6 Å². The molecule has 2 nitrogen and oxygen atoms in total. The van der Waals surface area contributed by atoms with Crippen LogP contribution in [-0.2, 0) is 35.1 Å². The molecule has 7 heteroatoms. The van der Waals surface area contributed by atoms with Gasteiger partial charge in [0.05, 0.1) is 0 Å². The first-order valence-corrected chi connectivity index (χ1v) is 16.8. The summed E-state index contributed by atoms with van der Waals surface area (Å²) in [6.45, 7) is 15.2. The van der Waals surface area contributed by atoms with Gasteiger partial charge in [-0.1, -0.05) is 12.8 Å². The fraction of sp³-hybridized carbons (Fsp3) is 0.636. The van der Waals surface area contributed by atoms with E-state index in [9.17, 15) is 0 Å². The minimum Gasteiger partial charge on any atom is -0.418 e. The molecule has 0 unspecified atom stereocenters. The van der Waals surface area contributed by atoms with Crippen molar-refractivity contribution in [2.45, 2.75) is 77.8 Å². The summed E-state index contributed by atoms with van der Waals surface area (Å²) in [6.07, 6.45) is 21.8. The fourth-order valence-electron chi connectivity index (χ4n) is 2.53. The molecule has 0 radical (unpaired) electrons. The molecule has 0 bridgehead atoms. The standard InChI is InChI=1S/2C11H19OSi.2ClH.Zr/c2*1-13(2,3)12-10-6-9-11-7-4-5-8-11;;;/h2*4,7H,5-6,9-10H2,1-3H3;2*1H;/q2*-1;;;+2. The normalized spacial score (nSPS) is 14.7. The number of halogens is 2. The number of allylic oxidation sites excluding steroid dienone is 8. The monoisotopic (exact) mass is 552 g/mol. The minimum atomic E-state index is -1.28. The van der Waals surface area contributed by atoms with E-state index in [1.165, 1.54) is 11.1 Å². The molecule has 166 valence electrons. The molecule has 2 rings (SSSR count). The van der Waals surface area contributed by atoms with Crippen molar-refractivity contribution in [3.05, 3.63) is 47.6 Å². The molecule has 0 aromatic carbocycles. The smallest absolute Gasteiger partial charge is 0.418 e. The zero-order chi connectivity index (χ0) is 19.5. The van der Waals surface area contributed by atoms with Gasteiger partial charge in [0, 0.05) is 13.2 Å². The topological polar surface area (TPSA) is 18.5 Å². The molecule has 0 aliphatic heterocycles. The van der Waals surface area contributed by atoms with Crippen molar-refractivity contribution >= 4 is 41.4 Å². The van der Waals surface area contributed by atoms with Gasteiger partial charge in [-0.2, -0.15) is 12.2 Å². The van der Waals surface area contributed by atoms with Gasteiger partial charge in [-0.25, -0.2) is 23.3 Å². The predicted molar refractivity (Wildman–Crippen MR) is 133 cm³/mol. The molecule has 0 saturated carbocycles. The van der Waals surface area contributed by atoms with E-state index in [0.717, 1.165) is 51.7 Å². The number of hydrogen-bond donors (Lipinski definition) is 0. The molecule has 2 aliphatic carbocycles. The summed E-state index contributed by atoms with van der Waals surface area (Å²) in [5.41, 5.74) is 2.72. The van der Waals surface area contributed by atoms with E-state index in [-0.39, 0.29) is 51.0 Å². The van der Waals surface area contributed by atoms with Crippen molar-refractivity contribution in [2.75, 3.05) is 13.2 Å². The number of hydrogen-bond acceptors (Lipinski definition) is 2. The van der Waals surface area contributed by atoms with Gasteiger partial charge in [-0.05, 0) is 52.1 Å². The summed E-state index contributed by atoms with van der Waals surface area (Å²) in [4.78, 5) is 0. The largest absolute Gasteiger partial charge is 2.00 e. The van der Waals surface area contributed by atoms with Crippen LogP contribution in [0.15, 0.2) is 35.5 Å². The molecule has 0 aromatic rings. The summed E-state index contributed by atoms with van der Waals surface area (Å²) in [5.74, 6) is 0. The van der Waals surface area contributed by atoms with Crippen LogP contribution in [0.5, 0.6) is 0 Å².